The molecule has 0 bridgehead atoms. The topological polar surface area (TPSA) is 137 Å². The normalized spacial score (nSPS) is 19.3. The lowest BCUT2D eigenvalue weighted by molar-refractivity contribution is -0.137. The van der Waals surface area contributed by atoms with Crippen LogP contribution in [0.5, 0.6) is 0 Å². The Morgan fingerprint density at radius 2 is 2.00 bits per heavy atom. The molecule has 190 valence electrons. The summed E-state index contributed by atoms with van der Waals surface area (Å²) in [6.07, 6.45) is 3.24. The fraction of sp³-hybridized carbons (Fsp3) is 0.375. The van der Waals surface area contributed by atoms with E-state index in [-0.39, 0.29) is 29.1 Å². The molecule has 0 aromatic carbocycles. The molecule has 0 radical (unpaired) electrons. The Bertz CT molecular complexity index is 1530. The number of nitrogens with two attached hydrogens (primary N) is 1. The Morgan fingerprint density at radius 1 is 1.19 bits per heavy atom. The highest BCUT2D eigenvalue weighted by molar-refractivity contribution is 6.09. The first-order valence-electron chi connectivity index (χ1n) is 12.0. The molecule has 1 atom stereocenters. The van der Waals surface area contributed by atoms with E-state index >= 15 is 0 Å². The highest BCUT2D eigenvalue weighted by Gasteiger charge is 2.60. The van der Waals surface area contributed by atoms with Crippen molar-refractivity contribution in [3.8, 4) is 11.5 Å². The Kier molecular flexibility index (Phi) is 5.14. The van der Waals surface area contributed by atoms with Gasteiger partial charge in [-0.2, -0.15) is 18.3 Å². The average molecular weight is 509 g/mol. The highest BCUT2D eigenvalue weighted by Crippen LogP contribution is 2.57. The fourth-order valence-corrected chi connectivity index (χ4v) is 5.06. The second-order valence-corrected chi connectivity index (χ2v) is 9.33. The molecular formula is C24H22F3N9O. The summed E-state index contributed by atoms with van der Waals surface area (Å²) >= 11 is 0. The molecule has 5 heterocycles. The van der Waals surface area contributed by atoms with Crippen LogP contribution in [0.1, 0.15) is 55.1 Å². The first-order chi connectivity index (χ1) is 17.7. The standard InChI is InChI=1S/C24H22F3N9O/c1-2-3-4-14-21-30-11-31-36(21)10-15(32-14)19-33-18(28)17-20(34-19)35-22(37)23(17,12-5-6-12)16-8-7-13(9-29-16)24(25,26)27/h7-12H,2-6H2,1H3,(H3,28,33,34,35,37). The van der Waals surface area contributed by atoms with Crippen molar-refractivity contribution in [3.63, 3.8) is 0 Å². The maximum atomic E-state index is 13.5. The molecule has 1 saturated carbocycles. The van der Waals surface area contributed by atoms with Crippen molar-refractivity contribution in [1.29, 1.82) is 0 Å². The molecule has 10 nitrogen and oxygen atoms in total. The van der Waals surface area contributed by atoms with Crippen molar-refractivity contribution in [3.05, 3.63) is 53.4 Å². The molecular weight excluding hydrogens is 487 g/mol. The zero-order chi connectivity index (χ0) is 25.9. The van der Waals surface area contributed by atoms with Gasteiger partial charge in [-0.15, -0.1) is 0 Å². The fourth-order valence-electron chi connectivity index (χ4n) is 5.06. The number of nitrogen functional groups attached to an aromatic ring is 1. The van der Waals surface area contributed by atoms with Gasteiger partial charge in [0, 0.05) is 6.20 Å². The smallest absolute Gasteiger partial charge is 0.383 e. The molecule has 4 aromatic heterocycles. The van der Waals surface area contributed by atoms with Crippen LogP contribution in [0.25, 0.3) is 17.2 Å². The number of amides is 1. The van der Waals surface area contributed by atoms with E-state index in [2.05, 4.69) is 37.3 Å². The molecule has 0 spiro atoms. The molecule has 1 amide bonds. The number of carbonyl (C=O) groups excluding carboxylic acids is 1. The van der Waals surface area contributed by atoms with Gasteiger partial charge in [-0.05, 0) is 43.7 Å². The molecule has 6 rings (SSSR count). The van der Waals surface area contributed by atoms with E-state index in [1.807, 2.05) is 0 Å². The Balaban J connectivity index is 1.48. The Hall–Kier alpha value is -4.16. The number of pyridine rings is 1. The van der Waals surface area contributed by atoms with Crippen LogP contribution >= 0.6 is 0 Å². The predicted molar refractivity (Wildman–Crippen MR) is 126 cm³/mol. The van der Waals surface area contributed by atoms with Crippen molar-refractivity contribution in [2.45, 2.75) is 50.6 Å². The quantitative estimate of drug-likeness (QED) is 0.403. The van der Waals surface area contributed by atoms with Crippen molar-refractivity contribution in [1.82, 2.24) is 34.5 Å². The second-order valence-electron chi connectivity index (χ2n) is 9.33. The summed E-state index contributed by atoms with van der Waals surface area (Å²) in [5, 5.41) is 7.01. The minimum absolute atomic E-state index is 0.0440. The van der Waals surface area contributed by atoms with Gasteiger partial charge in [0.1, 0.15) is 29.1 Å². The van der Waals surface area contributed by atoms with Crippen LogP contribution in [0, 0.1) is 5.92 Å². The lowest BCUT2D eigenvalue weighted by Crippen LogP contribution is -2.39. The molecule has 2 aliphatic rings. The molecule has 13 heteroatoms. The Labute approximate surface area is 208 Å². The summed E-state index contributed by atoms with van der Waals surface area (Å²) in [5.74, 6) is -0.170. The predicted octanol–water partition coefficient (Wildman–Crippen LogP) is 3.57. The SMILES string of the molecule is CCCCc1nc(-c2nc(N)c3c(n2)NC(=O)C3(c2ccc(C(F)(F)F)cn2)C2CC2)cn2ncnc12. The monoisotopic (exact) mass is 509 g/mol. The first kappa shape index (κ1) is 23.3. The first-order valence-corrected chi connectivity index (χ1v) is 12.0. The van der Waals surface area contributed by atoms with Gasteiger partial charge in [0.25, 0.3) is 0 Å². The largest absolute Gasteiger partial charge is 0.417 e. The van der Waals surface area contributed by atoms with E-state index in [4.69, 9.17) is 10.7 Å². The number of anilines is 2. The summed E-state index contributed by atoms with van der Waals surface area (Å²) in [7, 11) is 0. The Morgan fingerprint density at radius 3 is 2.68 bits per heavy atom. The molecule has 37 heavy (non-hydrogen) atoms. The number of rotatable bonds is 6. The zero-order valence-electron chi connectivity index (χ0n) is 19.7. The summed E-state index contributed by atoms with van der Waals surface area (Å²) < 4.78 is 41.0. The van der Waals surface area contributed by atoms with Crippen LogP contribution in [-0.4, -0.2) is 40.4 Å². The van der Waals surface area contributed by atoms with Crippen molar-refractivity contribution < 1.29 is 18.0 Å². The third kappa shape index (κ3) is 3.59. The number of aryl methyl sites for hydroxylation is 1. The van der Waals surface area contributed by atoms with E-state index in [9.17, 15) is 18.0 Å². The number of nitrogens with one attached hydrogen (secondary N) is 1. The minimum atomic E-state index is -4.54. The molecule has 1 fully saturated rings. The number of nitrogens with zero attached hydrogens (tertiary/aromatic N) is 7. The highest BCUT2D eigenvalue weighted by atomic mass is 19.4. The van der Waals surface area contributed by atoms with Crippen LogP contribution in [0.15, 0.2) is 30.9 Å². The number of aromatic nitrogens is 7. The number of hydrogen-bond donors (Lipinski definition) is 2. The van der Waals surface area contributed by atoms with Crippen LogP contribution in [0.2, 0.25) is 0 Å². The van der Waals surface area contributed by atoms with E-state index in [1.54, 1.807) is 10.7 Å². The van der Waals surface area contributed by atoms with Gasteiger partial charge in [-0.1, -0.05) is 13.3 Å². The van der Waals surface area contributed by atoms with E-state index in [0.717, 1.165) is 30.8 Å². The van der Waals surface area contributed by atoms with E-state index in [1.165, 1.54) is 12.4 Å². The van der Waals surface area contributed by atoms with Gasteiger partial charge in [0.05, 0.1) is 28.7 Å². The lowest BCUT2D eigenvalue weighted by Gasteiger charge is -2.27. The number of hydrogen-bond acceptors (Lipinski definition) is 8. The average Bonchev–Trinajstić information content (AvgIpc) is 3.51. The van der Waals surface area contributed by atoms with Gasteiger partial charge in [0.15, 0.2) is 11.5 Å². The molecule has 0 saturated heterocycles. The van der Waals surface area contributed by atoms with Crippen molar-refractivity contribution >= 4 is 23.2 Å². The number of fused-ring (bicyclic) bond motifs is 2. The molecule has 4 aromatic rings. The van der Waals surface area contributed by atoms with Crippen molar-refractivity contribution in [2.24, 2.45) is 5.92 Å². The zero-order valence-corrected chi connectivity index (χ0v) is 19.7. The van der Waals surface area contributed by atoms with Gasteiger partial charge < -0.3 is 11.1 Å². The maximum absolute atomic E-state index is 13.5. The lowest BCUT2D eigenvalue weighted by atomic mass is 9.74. The number of unbranched alkanes of at least 4 members (excludes halogenated alkanes) is 1. The van der Waals surface area contributed by atoms with Crippen LogP contribution in [-0.2, 0) is 22.8 Å². The summed E-state index contributed by atoms with van der Waals surface area (Å²) in [6, 6.07) is 2.17. The van der Waals surface area contributed by atoms with Gasteiger partial charge in [-0.3, -0.25) is 9.78 Å². The molecule has 1 aliphatic heterocycles. The molecule has 1 unspecified atom stereocenters. The van der Waals surface area contributed by atoms with Gasteiger partial charge in [-0.25, -0.2) is 24.5 Å². The molecule has 3 N–H and O–H groups in total. The second kappa shape index (κ2) is 8.18. The van der Waals surface area contributed by atoms with Crippen LogP contribution < -0.4 is 11.1 Å². The summed E-state index contributed by atoms with van der Waals surface area (Å²) in [4.78, 5) is 35.6. The number of carbonyl (C=O) groups is 1. The number of alkyl halides is 3. The maximum Gasteiger partial charge on any atom is 0.417 e. The van der Waals surface area contributed by atoms with Crippen LogP contribution in [0.4, 0.5) is 24.8 Å². The minimum Gasteiger partial charge on any atom is -0.383 e. The summed E-state index contributed by atoms with van der Waals surface area (Å²) in [5.41, 5.74) is 6.50. The third-order valence-corrected chi connectivity index (χ3v) is 6.93. The third-order valence-electron chi connectivity index (χ3n) is 6.93. The van der Waals surface area contributed by atoms with Gasteiger partial charge in [0.2, 0.25) is 5.91 Å². The van der Waals surface area contributed by atoms with Crippen molar-refractivity contribution in [2.75, 3.05) is 11.1 Å². The molecule has 1 aliphatic carbocycles. The van der Waals surface area contributed by atoms with E-state index < -0.39 is 23.1 Å². The van der Waals surface area contributed by atoms with Gasteiger partial charge >= 0.3 is 6.18 Å². The number of halogens is 3. The van der Waals surface area contributed by atoms with Crippen LogP contribution in [0.3, 0.4) is 0 Å². The summed E-state index contributed by atoms with van der Waals surface area (Å²) in [6.45, 7) is 2.08. The van der Waals surface area contributed by atoms with E-state index in [0.29, 0.717) is 36.2 Å².